The molecule has 0 aromatic heterocycles. The summed E-state index contributed by atoms with van der Waals surface area (Å²) in [6.07, 6.45) is 1.02. The Hall–Kier alpha value is -4.24. The van der Waals surface area contributed by atoms with E-state index in [1.165, 1.54) is 22.3 Å². The van der Waals surface area contributed by atoms with Gasteiger partial charge in [0.25, 0.3) is 0 Å². The molecule has 4 aromatic carbocycles. The van der Waals surface area contributed by atoms with E-state index in [9.17, 15) is 4.79 Å². The molecule has 0 aliphatic heterocycles. The SMILES string of the molecule is CCOC(OCC)[C@H](C)N(Cc1cccc2ccccc12)C(=O)[C@H](CCCCNC(=O)OC(C)(C)C)NCC1c2ccccc2-c2ccccc21. The van der Waals surface area contributed by atoms with Gasteiger partial charge in [-0.05, 0) is 99.4 Å². The summed E-state index contributed by atoms with van der Waals surface area (Å²) in [4.78, 5) is 29.2. The zero-order chi connectivity index (χ0) is 36.4. The van der Waals surface area contributed by atoms with Crippen LogP contribution in [0, 0.1) is 0 Å². The molecule has 0 unspecified atom stereocenters. The standard InChI is InChI=1S/C43H55N3O5/c1-7-49-41(50-8-2)30(3)46(29-32-20-17-19-31-18-9-10-21-33(31)32)40(47)39(26-15-16-27-44-42(48)51-43(4,5)6)45-28-38-36-24-13-11-22-34(36)35-23-12-14-25-37(35)38/h9-14,17-25,30,38-39,41,45H,7-8,15-16,26-29H2,1-6H3,(H,44,48)/t30-,39-/m0/s1. The van der Waals surface area contributed by atoms with Crippen LogP contribution in [0.5, 0.6) is 0 Å². The Bertz CT molecular complexity index is 1690. The van der Waals surface area contributed by atoms with Gasteiger partial charge in [-0.25, -0.2) is 4.79 Å². The van der Waals surface area contributed by atoms with Crippen LogP contribution in [0.4, 0.5) is 4.79 Å². The van der Waals surface area contributed by atoms with Gasteiger partial charge in [0.15, 0.2) is 6.29 Å². The highest BCUT2D eigenvalue weighted by Crippen LogP contribution is 2.44. The minimum Gasteiger partial charge on any atom is -0.444 e. The van der Waals surface area contributed by atoms with Gasteiger partial charge in [0.05, 0.1) is 12.1 Å². The first-order chi connectivity index (χ1) is 24.6. The molecule has 0 radical (unpaired) electrons. The monoisotopic (exact) mass is 693 g/mol. The van der Waals surface area contributed by atoms with Gasteiger partial charge in [-0.1, -0.05) is 91.0 Å². The molecular weight excluding hydrogens is 638 g/mol. The number of carbonyl (C=O) groups excluding carboxylic acids is 2. The molecule has 0 saturated carbocycles. The van der Waals surface area contributed by atoms with Crippen LogP contribution in [0.25, 0.3) is 21.9 Å². The van der Waals surface area contributed by atoms with Crippen molar-refractivity contribution < 1.29 is 23.8 Å². The quantitative estimate of drug-likeness (QED) is 0.0853. The van der Waals surface area contributed by atoms with Crippen LogP contribution in [0.3, 0.4) is 0 Å². The highest BCUT2D eigenvalue weighted by atomic mass is 16.7. The second kappa shape index (κ2) is 17.8. The van der Waals surface area contributed by atoms with Gasteiger partial charge in [-0.3, -0.25) is 4.79 Å². The third-order valence-corrected chi connectivity index (χ3v) is 9.47. The van der Waals surface area contributed by atoms with E-state index in [-0.39, 0.29) is 17.9 Å². The maximum Gasteiger partial charge on any atom is 0.407 e. The van der Waals surface area contributed by atoms with E-state index in [0.29, 0.717) is 45.7 Å². The number of ether oxygens (including phenoxy) is 3. The number of nitrogens with one attached hydrogen (secondary N) is 2. The van der Waals surface area contributed by atoms with Crippen LogP contribution in [0.15, 0.2) is 91.0 Å². The molecule has 8 heteroatoms. The van der Waals surface area contributed by atoms with E-state index in [2.05, 4.69) is 89.5 Å². The molecule has 0 saturated heterocycles. The largest absolute Gasteiger partial charge is 0.444 e. The number of amides is 2. The zero-order valence-electron chi connectivity index (χ0n) is 31.1. The average Bonchev–Trinajstić information content (AvgIpc) is 3.44. The number of hydrogen-bond acceptors (Lipinski definition) is 6. The number of rotatable bonds is 17. The summed E-state index contributed by atoms with van der Waals surface area (Å²) in [5.74, 6) is 0.115. The molecule has 51 heavy (non-hydrogen) atoms. The minimum atomic E-state index is -0.578. The first kappa shape index (κ1) is 38.0. The average molecular weight is 694 g/mol. The summed E-state index contributed by atoms with van der Waals surface area (Å²) >= 11 is 0. The molecule has 4 aromatic rings. The first-order valence-corrected chi connectivity index (χ1v) is 18.5. The molecule has 2 atom stereocenters. The number of carbonyl (C=O) groups is 2. The van der Waals surface area contributed by atoms with Crippen LogP contribution in [0.2, 0.25) is 0 Å². The molecule has 1 aliphatic carbocycles. The van der Waals surface area contributed by atoms with E-state index >= 15 is 4.79 Å². The van der Waals surface area contributed by atoms with Crippen molar-refractivity contribution in [1.82, 2.24) is 15.5 Å². The fourth-order valence-corrected chi connectivity index (χ4v) is 7.07. The second-order valence-corrected chi connectivity index (χ2v) is 14.2. The predicted molar refractivity (Wildman–Crippen MR) is 205 cm³/mol. The van der Waals surface area contributed by atoms with E-state index in [1.807, 2.05) is 58.6 Å². The number of nitrogens with zero attached hydrogens (tertiary/aromatic N) is 1. The van der Waals surface area contributed by atoms with Crippen molar-refractivity contribution in [2.45, 2.75) is 97.2 Å². The van der Waals surface area contributed by atoms with Crippen molar-refractivity contribution in [3.63, 3.8) is 0 Å². The summed E-state index contributed by atoms with van der Waals surface area (Å²) in [6, 6.07) is 30.8. The van der Waals surface area contributed by atoms with E-state index in [0.717, 1.165) is 22.8 Å². The predicted octanol–water partition coefficient (Wildman–Crippen LogP) is 8.42. The Morgan fingerprint density at radius 3 is 2.06 bits per heavy atom. The maximum absolute atomic E-state index is 15.0. The molecule has 2 N–H and O–H groups in total. The Balaban J connectivity index is 1.42. The molecule has 5 rings (SSSR count). The number of hydrogen-bond donors (Lipinski definition) is 2. The first-order valence-electron chi connectivity index (χ1n) is 18.5. The maximum atomic E-state index is 15.0. The van der Waals surface area contributed by atoms with Crippen LogP contribution >= 0.6 is 0 Å². The summed E-state index contributed by atoms with van der Waals surface area (Å²) in [5, 5.41) is 8.86. The summed E-state index contributed by atoms with van der Waals surface area (Å²) in [7, 11) is 0. The minimum absolute atomic E-state index is 0.000455. The van der Waals surface area contributed by atoms with Crippen LogP contribution in [-0.2, 0) is 25.5 Å². The van der Waals surface area contributed by atoms with Gasteiger partial charge in [-0.15, -0.1) is 0 Å². The van der Waals surface area contributed by atoms with Gasteiger partial charge in [0, 0.05) is 38.8 Å². The second-order valence-electron chi connectivity index (χ2n) is 14.2. The topological polar surface area (TPSA) is 89.1 Å². The number of benzene rings is 4. The van der Waals surface area contributed by atoms with Gasteiger partial charge >= 0.3 is 6.09 Å². The Morgan fingerprint density at radius 1 is 0.804 bits per heavy atom. The van der Waals surface area contributed by atoms with Crippen LogP contribution in [0.1, 0.15) is 83.4 Å². The fourth-order valence-electron chi connectivity index (χ4n) is 7.07. The van der Waals surface area contributed by atoms with E-state index < -0.39 is 24.0 Å². The molecule has 0 bridgehead atoms. The Kier molecular flexibility index (Phi) is 13.3. The number of alkyl carbamates (subject to hydrolysis) is 1. The van der Waals surface area contributed by atoms with Gasteiger partial charge in [0.2, 0.25) is 5.91 Å². The normalized spacial score (nSPS) is 13.9. The van der Waals surface area contributed by atoms with Crippen molar-refractivity contribution >= 4 is 22.8 Å². The lowest BCUT2D eigenvalue weighted by Crippen LogP contribution is -2.54. The van der Waals surface area contributed by atoms with Crippen LogP contribution < -0.4 is 10.6 Å². The van der Waals surface area contributed by atoms with Gasteiger partial charge < -0.3 is 29.7 Å². The van der Waals surface area contributed by atoms with Crippen molar-refractivity contribution in [1.29, 1.82) is 0 Å². The molecule has 0 fully saturated rings. The molecule has 8 nitrogen and oxygen atoms in total. The van der Waals surface area contributed by atoms with Gasteiger partial charge in [-0.2, -0.15) is 0 Å². The van der Waals surface area contributed by atoms with E-state index in [4.69, 9.17) is 14.2 Å². The lowest BCUT2D eigenvalue weighted by Gasteiger charge is -2.37. The number of unbranched alkanes of at least 4 members (excludes halogenated alkanes) is 1. The number of fused-ring (bicyclic) bond motifs is 4. The lowest BCUT2D eigenvalue weighted by atomic mass is 9.96. The highest BCUT2D eigenvalue weighted by molar-refractivity contribution is 5.87. The smallest absolute Gasteiger partial charge is 0.407 e. The van der Waals surface area contributed by atoms with Crippen molar-refractivity contribution in [3.8, 4) is 11.1 Å². The van der Waals surface area contributed by atoms with Crippen molar-refractivity contribution in [3.05, 3.63) is 108 Å². The molecule has 0 spiro atoms. The zero-order valence-corrected chi connectivity index (χ0v) is 31.1. The van der Waals surface area contributed by atoms with E-state index in [1.54, 1.807) is 0 Å². The van der Waals surface area contributed by atoms with Crippen molar-refractivity contribution in [2.24, 2.45) is 0 Å². The Labute approximate surface area is 303 Å². The fraction of sp³-hybridized carbons (Fsp3) is 0.442. The molecule has 2 amide bonds. The third-order valence-electron chi connectivity index (χ3n) is 9.47. The highest BCUT2D eigenvalue weighted by Gasteiger charge is 2.35. The molecule has 272 valence electrons. The summed E-state index contributed by atoms with van der Waals surface area (Å²) < 4.78 is 17.6. The third kappa shape index (κ3) is 9.76. The summed E-state index contributed by atoms with van der Waals surface area (Å²) in [6.45, 7) is 13.9. The van der Waals surface area contributed by atoms with Gasteiger partial charge in [0.1, 0.15) is 5.60 Å². The summed E-state index contributed by atoms with van der Waals surface area (Å²) in [5.41, 5.74) is 5.55. The Morgan fingerprint density at radius 2 is 1.41 bits per heavy atom. The molecule has 1 aliphatic rings. The molecular formula is C43H55N3O5. The molecule has 0 heterocycles. The van der Waals surface area contributed by atoms with Crippen LogP contribution in [-0.4, -0.2) is 67.2 Å². The lowest BCUT2D eigenvalue weighted by molar-refractivity contribution is -0.179. The van der Waals surface area contributed by atoms with Crippen molar-refractivity contribution in [2.75, 3.05) is 26.3 Å².